The van der Waals surface area contributed by atoms with Crippen LogP contribution < -0.4 is 10.6 Å². The number of hydrogen-bond donors (Lipinski definition) is 2. The monoisotopic (exact) mass is 373 g/mol. The minimum absolute atomic E-state index is 0.725. The van der Waals surface area contributed by atoms with E-state index in [2.05, 4.69) is 66.3 Å². The molecule has 27 heavy (non-hydrogen) atoms. The molecule has 0 spiro atoms. The second-order valence-electron chi connectivity index (χ2n) is 7.53. The van der Waals surface area contributed by atoms with Crippen LogP contribution in [0.5, 0.6) is 0 Å². The lowest BCUT2D eigenvalue weighted by molar-refractivity contribution is 0.136. The number of likely N-dealkylation sites (N-methyl/N-ethyl adjacent to an activating group) is 1. The molecular weight excluding hydrogens is 334 g/mol. The van der Waals surface area contributed by atoms with Crippen molar-refractivity contribution in [3.8, 4) is 0 Å². The SMILES string of the molecule is CCNC(=NCc1ccc(C)cc1C)NCCCCN1CCN(CC)CC1. The van der Waals surface area contributed by atoms with Crippen molar-refractivity contribution in [2.75, 3.05) is 52.4 Å². The molecule has 1 aliphatic rings. The number of rotatable bonds is 9. The number of nitrogens with one attached hydrogen (secondary N) is 2. The maximum atomic E-state index is 4.76. The molecular formula is C22H39N5. The van der Waals surface area contributed by atoms with Crippen LogP contribution >= 0.6 is 0 Å². The molecule has 152 valence electrons. The minimum Gasteiger partial charge on any atom is -0.357 e. The smallest absolute Gasteiger partial charge is 0.191 e. The standard InChI is InChI=1S/C22H39N5/c1-5-23-22(25-18-21-10-9-19(3)17-20(21)4)24-11-7-8-12-27-15-13-26(6-2)14-16-27/h9-10,17H,5-8,11-16,18H2,1-4H3,(H2,23,24,25). The molecule has 5 heteroatoms. The average Bonchev–Trinajstić information content (AvgIpc) is 2.67. The van der Waals surface area contributed by atoms with E-state index in [0.29, 0.717) is 0 Å². The number of aliphatic imine (C=N–C) groups is 1. The Bertz CT molecular complexity index is 576. The summed E-state index contributed by atoms with van der Waals surface area (Å²) >= 11 is 0. The van der Waals surface area contributed by atoms with Gasteiger partial charge in [-0.25, -0.2) is 4.99 Å². The van der Waals surface area contributed by atoms with E-state index in [0.717, 1.165) is 25.6 Å². The molecule has 0 amide bonds. The second kappa shape index (κ2) is 12.0. The van der Waals surface area contributed by atoms with Crippen molar-refractivity contribution in [3.05, 3.63) is 34.9 Å². The van der Waals surface area contributed by atoms with Crippen molar-refractivity contribution >= 4 is 5.96 Å². The summed E-state index contributed by atoms with van der Waals surface area (Å²) in [6.07, 6.45) is 2.43. The predicted octanol–water partition coefficient (Wildman–Crippen LogP) is 2.78. The van der Waals surface area contributed by atoms with Gasteiger partial charge in [0.25, 0.3) is 0 Å². The number of guanidine groups is 1. The van der Waals surface area contributed by atoms with Gasteiger partial charge in [0.1, 0.15) is 0 Å². The molecule has 1 aromatic carbocycles. The number of piperazine rings is 1. The molecule has 1 aliphatic heterocycles. The zero-order chi connectivity index (χ0) is 19.5. The molecule has 0 saturated carbocycles. The molecule has 0 atom stereocenters. The lowest BCUT2D eigenvalue weighted by Crippen LogP contribution is -2.46. The van der Waals surface area contributed by atoms with Gasteiger partial charge in [-0.05, 0) is 57.8 Å². The fraction of sp³-hybridized carbons (Fsp3) is 0.682. The molecule has 0 radical (unpaired) electrons. The van der Waals surface area contributed by atoms with Crippen molar-refractivity contribution in [1.29, 1.82) is 0 Å². The van der Waals surface area contributed by atoms with Gasteiger partial charge in [0.15, 0.2) is 5.96 Å². The van der Waals surface area contributed by atoms with Gasteiger partial charge >= 0.3 is 0 Å². The highest BCUT2D eigenvalue weighted by Gasteiger charge is 2.14. The van der Waals surface area contributed by atoms with Gasteiger partial charge in [-0.1, -0.05) is 30.7 Å². The first-order chi connectivity index (χ1) is 13.1. The summed E-state index contributed by atoms with van der Waals surface area (Å²) in [7, 11) is 0. The van der Waals surface area contributed by atoms with Crippen LogP contribution in [0.2, 0.25) is 0 Å². The van der Waals surface area contributed by atoms with Gasteiger partial charge in [0, 0.05) is 39.3 Å². The van der Waals surface area contributed by atoms with Crippen molar-refractivity contribution in [1.82, 2.24) is 20.4 Å². The summed E-state index contributed by atoms with van der Waals surface area (Å²) < 4.78 is 0. The minimum atomic E-state index is 0.725. The van der Waals surface area contributed by atoms with Crippen LogP contribution in [-0.4, -0.2) is 68.1 Å². The van der Waals surface area contributed by atoms with E-state index in [1.807, 2.05) is 0 Å². The fourth-order valence-corrected chi connectivity index (χ4v) is 3.53. The Kier molecular flexibility index (Phi) is 9.64. The van der Waals surface area contributed by atoms with E-state index in [1.54, 1.807) is 0 Å². The van der Waals surface area contributed by atoms with Gasteiger partial charge in [-0.15, -0.1) is 0 Å². The Morgan fingerprint density at radius 1 is 1.00 bits per heavy atom. The number of benzene rings is 1. The summed E-state index contributed by atoms with van der Waals surface area (Å²) in [5, 5.41) is 6.85. The Labute approximate surface area is 166 Å². The zero-order valence-corrected chi connectivity index (χ0v) is 17.9. The number of hydrogen-bond acceptors (Lipinski definition) is 3. The van der Waals surface area contributed by atoms with Crippen molar-refractivity contribution in [3.63, 3.8) is 0 Å². The van der Waals surface area contributed by atoms with Crippen LogP contribution in [0.15, 0.2) is 23.2 Å². The van der Waals surface area contributed by atoms with E-state index in [1.165, 1.54) is 68.8 Å². The first-order valence-electron chi connectivity index (χ1n) is 10.7. The Balaban J connectivity index is 1.68. The first-order valence-corrected chi connectivity index (χ1v) is 10.7. The van der Waals surface area contributed by atoms with Crippen LogP contribution in [0, 0.1) is 13.8 Å². The molecule has 2 N–H and O–H groups in total. The van der Waals surface area contributed by atoms with Gasteiger partial charge in [0.05, 0.1) is 6.54 Å². The topological polar surface area (TPSA) is 42.9 Å². The second-order valence-corrected chi connectivity index (χ2v) is 7.53. The highest BCUT2D eigenvalue weighted by atomic mass is 15.3. The van der Waals surface area contributed by atoms with E-state index in [4.69, 9.17) is 4.99 Å². The molecule has 0 unspecified atom stereocenters. The van der Waals surface area contributed by atoms with Crippen LogP contribution in [0.25, 0.3) is 0 Å². The van der Waals surface area contributed by atoms with E-state index < -0.39 is 0 Å². The average molecular weight is 374 g/mol. The summed E-state index contributed by atoms with van der Waals surface area (Å²) in [5.41, 5.74) is 3.92. The van der Waals surface area contributed by atoms with Crippen LogP contribution in [0.4, 0.5) is 0 Å². The zero-order valence-electron chi connectivity index (χ0n) is 17.9. The third-order valence-corrected chi connectivity index (χ3v) is 5.36. The largest absolute Gasteiger partial charge is 0.357 e. The Morgan fingerprint density at radius 3 is 2.41 bits per heavy atom. The fourth-order valence-electron chi connectivity index (χ4n) is 3.53. The van der Waals surface area contributed by atoms with E-state index in [-0.39, 0.29) is 0 Å². The highest BCUT2D eigenvalue weighted by molar-refractivity contribution is 5.79. The lowest BCUT2D eigenvalue weighted by Gasteiger charge is -2.34. The number of nitrogens with zero attached hydrogens (tertiary/aromatic N) is 3. The molecule has 0 aromatic heterocycles. The van der Waals surface area contributed by atoms with Gasteiger partial charge < -0.3 is 20.4 Å². The predicted molar refractivity (Wildman–Crippen MR) is 117 cm³/mol. The van der Waals surface area contributed by atoms with Crippen LogP contribution in [-0.2, 0) is 6.54 Å². The van der Waals surface area contributed by atoms with Crippen molar-refractivity contribution in [2.45, 2.75) is 47.1 Å². The Morgan fingerprint density at radius 2 is 1.74 bits per heavy atom. The molecule has 2 rings (SSSR count). The van der Waals surface area contributed by atoms with Gasteiger partial charge in [-0.2, -0.15) is 0 Å². The third kappa shape index (κ3) is 7.89. The summed E-state index contributed by atoms with van der Waals surface area (Å²) in [6.45, 7) is 18.6. The maximum absolute atomic E-state index is 4.76. The van der Waals surface area contributed by atoms with E-state index >= 15 is 0 Å². The summed E-state index contributed by atoms with van der Waals surface area (Å²) in [6, 6.07) is 6.58. The van der Waals surface area contributed by atoms with E-state index in [9.17, 15) is 0 Å². The molecule has 1 fully saturated rings. The number of aryl methyl sites for hydroxylation is 2. The Hall–Kier alpha value is -1.59. The van der Waals surface area contributed by atoms with Crippen LogP contribution in [0.3, 0.4) is 0 Å². The number of unbranched alkanes of at least 4 members (excludes halogenated alkanes) is 1. The summed E-state index contributed by atoms with van der Waals surface area (Å²) in [4.78, 5) is 9.90. The van der Waals surface area contributed by atoms with Crippen LogP contribution in [0.1, 0.15) is 43.4 Å². The normalized spacial score (nSPS) is 16.5. The molecule has 5 nitrogen and oxygen atoms in total. The quantitative estimate of drug-likeness (QED) is 0.397. The molecule has 1 heterocycles. The molecule has 1 saturated heterocycles. The molecule has 1 aromatic rings. The molecule has 0 bridgehead atoms. The third-order valence-electron chi connectivity index (χ3n) is 5.36. The highest BCUT2D eigenvalue weighted by Crippen LogP contribution is 2.11. The first kappa shape index (κ1) is 21.7. The van der Waals surface area contributed by atoms with Gasteiger partial charge in [-0.3, -0.25) is 0 Å². The summed E-state index contributed by atoms with van der Waals surface area (Å²) in [5.74, 6) is 0.925. The maximum Gasteiger partial charge on any atom is 0.191 e. The van der Waals surface area contributed by atoms with Gasteiger partial charge in [0.2, 0.25) is 0 Å². The van der Waals surface area contributed by atoms with Crippen molar-refractivity contribution < 1.29 is 0 Å². The van der Waals surface area contributed by atoms with Crippen molar-refractivity contribution in [2.24, 2.45) is 4.99 Å². The lowest BCUT2D eigenvalue weighted by atomic mass is 10.1. The molecule has 0 aliphatic carbocycles.